The van der Waals surface area contributed by atoms with Crippen LogP contribution >= 0.6 is 20.0 Å². The van der Waals surface area contributed by atoms with Crippen LogP contribution in [0.5, 0.6) is 0 Å². The third-order valence-electron chi connectivity index (χ3n) is 2.69. The summed E-state index contributed by atoms with van der Waals surface area (Å²) < 4.78 is 22.0. The summed E-state index contributed by atoms with van der Waals surface area (Å²) in [5.74, 6) is -1.73. The van der Waals surface area contributed by atoms with Crippen LogP contribution in [0, 0.1) is 0 Å². The summed E-state index contributed by atoms with van der Waals surface area (Å²) >= 11 is 0. The minimum Gasteiger partial charge on any atom is -0.378 e. The van der Waals surface area contributed by atoms with E-state index in [1.807, 2.05) is 0 Å². The van der Waals surface area contributed by atoms with E-state index in [9.17, 15) is 14.2 Å². The Kier molecular flexibility index (Phi) is 6.97. The van der Waals surface area contributed by atoms with Crippen molar-refractivity contribution in [2.75, 3.05) is 6.29 Å². The molecule has 0 saturated heterocycles. The van der Waals surface area contributed by atoms with Gasteiger partial charge < -0.3 is 14.8 Å². The molecule has 0 atom stereocenters. The first kappa shape index (κ1) is 18.9. The third kappa shape index (κ3) is 5.21. The summed E-state index contributed by atoms with van der Waals surface area (Å²) in [6.45, 7) is 0. The highest BCUT2D eigenvalue weighted by Crippen LogP contribution is 2.47. The second-order valence-electron chi connectivity index (χ2n) is 4.28. The first-order valence-corrected chi connectivity index (χ1v) is 8.14. The lowest BCUT2D eigenvalue weighted by molar-refractivity contribution is 0.0630. The van der Waals surface area contributed by atoms with Gasteiger partial charge in [-0.15, -0.1) is 12.4 Å². The molecule has 0 aliphatic rings. The number of halogens is 1. The quantitative estimate of drug-likeness (QED) is 0.827. The Morgan fingerprint density at radius 1 is 0.826 bits per heavy atom. The number of rotatable bonds is 5. The van der Waals surface area contributed by atoms with Crippen molar-refractivity contribution in [3.8, 4) is 0 Å². The Morgan fingerprint density at radius 2 is 1.17 bits per heavy atom. The van der Waals surface area contributed by atoms with Gasteiger partial charge in [-0.2, -0.15) is 0 Å². The molecule has 0 aliphatic carbocycles. The maximum absolute atomic E-state index is 12.3. The number of benzene rings is 2. The largest absolute Gasteiger partial charge is 0.449 e. The Labute approximate surface area is 139 Å². The molecule has 2 aromatic carbocycles. The topological polar surface area (TPSA) is 95.7 Å². The van der Waals surface area contributed by atoms with Crippen LogP contribution in [0.25, 0.3) is 0 Å². The predicted molar refractivity (Wildman–Crippen MR) is 87.6 cm³/mol. The average molecular weight is 356 g/mol. The maximum atomic E-state index is 12.3. The number of nitrogens with two attached hydrogens (primary N) is 1. The minimum absolute atomic E-state index is 0. The number of carbonyl (C=O) groups is 2. The first-order chi connectivity index (χ1) is 10.5. The van der Waals surface area contributed by atoms with Crippen molar-refractivity contribution in [1.29, 1.82) is 0 Å². The van der Waals surface area contributed by atoms with Crippen molar-refractivity contribution >= 4 is 31.9 Å². The van der Waals surface area contributed by atoms with E-state index in [2.05, 4.69) is 0 Å². The summed E-state index contributed by atoms with van der Waals surface area (Å²) in [5.41, 5.74) is 5.72. The van der Waals surface area contributed by atoms with Crippen LogP contribution in [0.3, 0.4) is 0 Å². The van der Waals surface area contributed by atoms with E-state index in [1.54, 1.807) is 36.4 Å². The van der Waals surface area contributed by atoms with E-state index in [0.29, 0.717) is 0 Å². The third-order valence-corrected chi connectivity index (χ3v) is 4.02. The minimum atomic E-state index is -4.06. The number of hydrogen-bond donors (Lipinski definition) is 1. The molecule has 0 heterocycles. The lowest BCUT2D eigenvalue weighted by Gasteiger charge is -2.16. The van der Waals surface area contributed by atoms with Crippen LogP contribution in [0.15, 0.2) is 60.7 Å². The summed E-state index contributed by atoms with van der Waals surface area (Å²) in [6.07, 6.45) is -0.593. The Hall–Kier alpha value is -2.14. The summed E-state index contributed by atoms with van der Waals surface area (Å²) in [7, 11) is -4.06. The van der Waals surface area contributed by atoms with Crippen molar-refractivity contribution < 1.29 is 23.2 Å². The van der Waals surface area contributed by atoms with Gasteiger partial charge in [-0.25, -0.2) is 14.2 Å². The molecule has 0 fully saturated rings. The zero-order chi connectivity index (χ0) is 16.0. The van der Waals surface area contributed by atoms with Crippen molar-refractivity contribution in [1.82, 2.24) is 0 Å². The summed E-state index contributed by atoms with van der Waals surface area (Å²) in [4.78, 5) is 23.8. The maximum Gasteiger partial charge on any atom is 0.449 e. The SMILES string of the molecule is Cl.NCP(=O)(OC(=O)c1ccccc1)OC(=O)c1ccccc1. The van der Waals surface area contributed by atoms with Gasteiger partial charge in [0.15, 0.2) is 0 Å². The highest BCUT2D eigenvalue weighted by atomic mass is 35.5. The molecule has 0 bridgehead atoms. The molecule has 122 valence electrons. The lowest BCUT2D eigenvalue weighted by Crippen LogP contribution is -2.15. The smallest absolute Gasteiger partial charge is 0.378 e. The molecule has 0 amide bonds. The summed E-state index contributed by atoms with van der Waals surface area (Å²) in [5, 5.41) is 0. The fourth-order valence-electron chi connectivity index (χ4n) is 1.60. The number of hydrogen-bond acceptors (Lipinski definition) is 6. The molecule has 6 nitrogen and oxygen atoms in total. The van der Waals surface area contributed by atoms with Gasteiger partial charge in [0.1, 0.15) is 6.29 Å². The second kappa shape index (κ2) is 8.48. The molecule has 0 saturated carbocycles. The summed E-state index contributed by atoms with van der Waals surface area (Å²) in [6, 6.07) is 15.9. The predicted octanol–water partition coefficient (Wildman–Crippen LogP) is 3.23. The Bertz CT molecular complexity index is 651. The van der Waals surface area contributed by atoms with E-state index in [1.165, 1.54) is 24.3 Å². The van der Waals surface area contributed by atoms with Gasteiger partial charge in [0.05, 0.1) is 11.1 Å². The molecule has 0 radical (unpaired) electrons. The van der Waals surface area contributed by atoms with Crippen molar-refractivity contribution in [2.24, 2.45) is 5.73 Å². The molecule has 8 heteroatoms. The van der Waals surface area contributed by atoms with E-state index in [-0.39, 0.29) is 23.5 Å². The highest BCUT2D eigenvalue weighted by Gasteiger charge is 2.32. The molecule has 0 aliphatic heterocycles. The molecule has 0 unspecified atom stereocenters. The van der Waals surface area contributed by atoms with Crippen LogP contribution in [0.1, 0.15) is 20.7 Å². The lowest BCUT2D eigenvalue weighted by atomic mass is 10.2. The molecule has 0 aromatic heterocycles. The molecular weight excluding hydrogens is 341 g/mol. The van der Waals surface area contributed by atoms with Gasteiger partial charge in [-0.3, -0.25) is 0 Å². The van der Waals surface area contributed by atoms with Crippen LogP contribution in [0.2, 0.25) is 0 Å². The Balaban J connectivity index is 0.00000264. The normalized spacial score (nSPS) is 10.3. The zero-order valence-electron chi connectivity index (χ0n) is 12.0. The number of carbonyl (C=O) groups excluding carboxylic acids is 2. The molecule has 2 rings (SSSR count). The second-order valence-corrected chi connectivity index (χ2v) is 6.24. The van der Waals surface area contributed by atoms with Gasteiger partial charge >= 0.3 is 19.5 Å². The van der Waals surface area contributed by atoms with Gasteiger partial charge in [-0.1, -0.05) is 36.4 Å². The van der Waals surface area contributed by atoms with Gasteiger partial charge in [0.2, 0.25) is 0 Å². The van der Waals surface area contributed by atoms with Crippen LogP contribution in [0.4, 0.5) is 0 Å². The van der Waals surface area contributed by atoms with E-state index in [4.69, 9.17) is 14.8 Å². The van der Waals surface area contributed by atoms with E-state index < -0.39 is 25.8 Å². The van der Waals surface area contributed by atoms with Crippen LogP contribution < -0.4 is 5.73 Å². The standard InChI is InChI=1S/C15H14NO5P.ClH/c16-11-22(19,20-14(17)12-7-3-1-4-8-12)21-15(18)13-9-5-2-6-10-13;/h1-10H,11,16H2;1H. The molecule has 0 spiro atoms. The average Bonchev–Trinajstić information content (AvgIpc) is 2.56. The van der Waals surface area contributed by atoms with Gasteiger partial charge in [0.25, 0.3) is 0 Å². The van der Waals surface area contributed by atoms with E-state index in [0.717, 1.165) is 0 Å². The van der Waals surface area contributed by atoms with Gasteiger partial charge in [-0.05, 0) is 24.3 Å². The molecule has 2 N–H and O–H groups in total. The highest BCUT2D eigenvalue weighted by molar-refractivity contribution is 7.54. The molecule has 23 heavy (non-hydrogen) atoms. The molecular formula is C15H15ClNO5P. The van der Waals surface area contributed by atoms with Crippen LogP contribution in [-0.2, 0) is 13.6 Å². The zero-order valence-corrected chi connectivity index (χ0v) is 13.7. The fraction of sp³-hybridized carbons (Fsp3) is 0.0667. The van der Waals surface area contributed by atoms with Gasteiger partial charge in [0, 0.05) is 0 Å². The Morgan fingerprint density at radius 3 is 1.48 bits per heavy atom. The fourth-order valence-corrected chi connectivity index (χ4v) is 2.50. The van der Waals surface area contributed by atoms with Crippen molar-refractivity contribution in [3.05, 3.63) is 71.8 Å². The van der Waals surface area contributed by atoms with E-state index >= 15 is 0 Å². The van der Waals surface area contributed by atoms with Crippen molar-refractivity contribution in [3.63, 3.8) is 0 Å². The first-order valence-electron chi connectivity index (χ1n) is 6.41. The van der Waals surface area contributed by atoms with Crippen LogP contribution in [-0.4, -0.2) is 18.2 Å². The molecule has 2 aromatic rings. The monoisotopic (exact) mass is 355 g/mol. The van der Waals surface area contributed by atoms with Crippen molar-refractivity contribution in [2.45, 2.75) is 0 Å².